The highest BCUT2D eigenvalue weighted by atomic mass is 16.4. The van der Waals surface area contributed by atoms with Crippen molar-refractivity contribution in [1.82, 2.24) is 0 Å². The van der Waals surface area contributed by atoms with E-state index in [0.717, 1.165) is 11.1 Å². The molecule has 0 fully saturated rings. The molecule has 0 spiro atoms. The zero-order chi connectivity index (χ0) is 10.1. The standard InChI is InChI=1S/C11H12O3/c12-10(13)6-8-5-7-3-1-2-4-9(7)11(8)14/h1-4,8,11,14H,5-6H2,(H,12,13)/t8-,11-/m1/s1. The van der Waals surface area contributed by atoms with Gasteiger partial charge in [-0.2, -0.15) is 0 Å². The molecule has 74 valence electrons. The molecular weight excluding hydrogens is 180 g/mol. The molecule has 14 heavy (non-hydrogen) atoms. The number of benzene rings is 1. The van der Waals surface area contributed by atoms with Crippen LogP contribution in [0.15, 0.2) is 24.3 Å². The van der Waals surface area contributed by atoms with Gasteiger partial charge in [0, 0.05) is 5.92 Å². The van der Waals surface area contributed by atoms with Gasteiger partial charge >= 0.3 is 5.97 Å². The first-order chi connectivity index (χ1) is 6.68. The molecule has 0 unspecified atom stereocenters. The minimum Gasteiger partial charge on any atom is -0.481 e. The zero-order valence-electron chi connectivity index (χ0n) is 7.68. The molecule has 0 amide bonds. The third-order valence-electron chi connectivity index (χ3n) is 2.74. The summed E-state index contributed by atoms with van der Waals surface area (Å²) < 4.78 is 0. The van der Waals surface area contributed by atoms with E-state index in [1.165, 1.54) is 0 Å². The third kappa shape index (κ3) is 1.51. The van der Waals surface area contributed by atoms with Crippen LogP contribution in [0.1, 0.15) is 23.7 Å². The second-order valence-corrected chi connectivity index (χ2v) is 3.71. The Bertz CT molecular complexity index is 359. The second-order valence-electron chi connectivity index (χ2n) is 3.71. The lowest BCUT2D eigenvalue weighted by Gasteiger charge is -2.11. The minimum atomic E-state index is -0.846. The lowest BCUT2D eigenvalue weighted by atomic mass is 10.00. The fraction of sp³-hybridized carbons (Fsp3) is 0.364. The summed E-state index contributed by atoms with van der Waals surface area (Å²) in [5.41, 5.74) is 1.96. The van der Waals surface area contributed by atoms with Crippen LogP contribution in [0.3, 0.4) is 0 Å². The van der Waals surface area contributed by atoms with E-state index in [4.69, 9.17) is 5.11 Å². The highest BCUT2D eigenvalue weighted by Gasteiger charge is 2.31. The lowest BCUT2D eigenvalue weighted by Crippen LogP contribution is -2.12. The maximum absolute atomic E-state index is 10.5. The van der Waals surface area contributed by atoms with Crippen LogP contribution >= 0.6 is 0 Å². The molecule has 1 aromatic carbocycles. The summed E-state index contributed by atoms with van der Waals surface area (Å²) in [6, 6.07) is 7.59. The predicted octanol–water partition coefficient (Wildman–Crippen LogP) is 1.37. The summed E-state index contributed by atoms with van der Waals surface area (Å²) in [5.74, 6) is -1.01. The Hall–Kier alpha value is -1.35. The molecule has 2 rings (SSSR count). The van der Waals surface area contributed by atoms with Gasteiger partial charge in [-0.3, -0.25) is 4.79 Å². The highest BCUT2D eigenvalue weighted by molar-refractivity contribution is 5.67. The Morgan fingerprint density at radius 3 is 2.79 bits per heavy atom. The SMILES string of the molecule is O=C(O)C[C@H]1Cc2ccccc2[C@@H]1O. The van der Waals surface area contributed by atoms with E-state index in [9.17, 15) is 9.90 Å². The Morgan fingerprint density at radius 1 is 1.43 bits per heavy atom. The van der Waals surface area contributed by atoms with Crippen molar-refractivity contribution in [2.24, 2.45) is 5.92 Å². The van der Waals surface area contributed by atoms with Crippen LogP contribution in [0.5, 0.6) is 0 Å². The summed E-state index contributed by atoms with van der Waals surface area (Å²) in [6.45, 7) is 0. The molecule has 3 nitrogen and oxygen atoms in total. The lowest BCUT2D eigenvalue weighted by molar-refractivity contribution is -0.139. The largest absolute Gasteiger partial charge is 0.481 e. The van der Waals surface area contributed by atoms with E-state index in [1.54, 1.807) is 0 Å². The maximum atomic E-state index is 10.5. The van der Waals surface area contributed by atoms with Gasteiger partial charge in [-0.15, -0.1) is 0 Å². The molecule has 1 aliphatic rings. The number of aliphatic hydroxyl groups is 1. The summed E-state index contributed by atoms with van der Waals surface area (Å²) in [7, 11) is 0. The summed E-state index contributed by atoms with van der Waals surface area (Å²) in [5, 5.41) is 18.5. The van der Waals surface area contributed by atoms with E-state index in [0.29, 0.717) is 6.42 Å². The number of rotatable bonds is 2. The third-order valence-corrected chi connectivity index (χ3v) is 2.74. The number of hydrogen-bond donors (Lipinski definition) is 2. The van der Waals surface area contributed by atoms with E-state index in [2.05, 4.69) is 0 Å². The van der Waals surface area contributed by atoms with Crippen LogP contribution in [0.2, 0.25) is 0 Å². The molecule has 2 N–H and O–H groups in total. The number of hydrogen-bond acceptors (Lipinski definition) is 2. The first-order valence-electron chi connectivity index (χ1n) is 4.66. The fourth-order valence-corrected chi connectivity index (χ4v) is 2.06. The van der Waals surface area contributed by atoms with Crippen LogP contribution in [-0.4, -0.2) is 16.2 Å². The van der Waals surface area contributed by atoms with Crippen molar-refractivity contribution in [1.29, 1.82) is 0 Å². The van der Waals surface area contributed by atoms with Gasteiger partial charge in [0.25, 0.3) is 0 Å². The van der Waals surface area contributed by atoms with E-state index in [-0.39, 0.29) is 12.3 Å². The van der Waals surface area contributed by atoms with Crippen LogP contribution in [0.4, 0.5) is 0 Å². The molecule has 0 aliphatic heterocycles. The highest BCUT2D eigenvalue weighted by Crippen LogP contribution is 2.37. The number of aliphatic carboxylic acids is 1. The molecule has 3 heteroatoms. The van der Waals surface area contributed by atoms with Crippen molar-refractivity contribution < 1.29 is 15.0 Å². The monoisotopic (exact) mass is 192 g/mol. The van der Waals surface area contributed by atoms with Gasteiger partial charge in [-0.05, 0) is 17.5 Å². The van der Waals surface area contributed by atoms with Crippen molar-refractivity contribution in [3.05, 3.63) is 35.4 Å². The van der Waals surface area contributed by atoms with Crippen LogP contribution in [0, 0.1) is 5.92 Å². The Balaban J connectivity index is 2.21. The number of aliphatic hydroxyl groups excluding tert-OH is 1. The number of fused-ring (bicyclic) bond motifs is 1. The Labute approximate surface area is 82.0 Å². The molecule has 1 aromatic rings. The average Bonchev–Trinajstić information content (AvgIpc) is 2.44. The molecule has 0 bridgehead atoms. The number of carboxylic acids is 1. The molecular formula is C11H12O3. The van der Waals surface area contributed by atoms with Crippen LogP contribution in [0.25, 0.3) is 0 Å². The number of carboxylic acid groups (broad SMARTS) is 1. The molecule has 0 heterocycles. The van der Waals surface area contributed by atoms with Crippen molar-refractivity contribution >= 4 is 5.97 Å². The number of carbonyl (C=O) groups is 1. The summed E-state index contributed by atoms with van der Waals surface area (Å²) in [6.07, 6.45) is 0.0988. The average molecular weight is 192 g/mol. The van der Waals surface area contributed by atoms with Crippen molar-refractivity contribution in [3.8, 4) is 0 Å². The van der Waals surface area contributed by atoms with Gasteiger partial charge in [0.1, 0.15) is 0 Å². The van der Waals surface area contributed by atoms with E-state index < -0.39 is 12.1 Å². The van der Waals surface area contributed by atoms with Gasteiger partial charge in [0.05, 0.1) is 12.5 Å². The zero-order valence-corrected chi connectivity index (χ0v) is 7.68. The van der Waals surface area contributed by atoms with Crippen LogP contribution in [-0.2, 0) is 11.2 Å². The molecule has 2 atom stereocenters. The van der Waals surface area contributed by atoms with E-state index >= 15 is 0 Å². The molecule has 0 radical (unpaired) electrons. The Kier molecular flexibility index (Phi) is 2.25. The Morgan fingerprint density at radius 2 is 2.14 bits per heavy atom. The quantitative estimate of drug-likeness (QED) is 0.744. The second kappa shape index (κ2) is 3.42. The maximum Gasteiger partial charge on any atom is 0.303 e. The first kappa shape index (κ1) is 9.21. The van der Waals surface area contributed by atoms with Gasteiger partial charge in [0.2, 0.25) is 0 Å². The van der Waals surface area contributed by atoms with E-state index in [1.807, 2.05) is 24.3 Å². The van der Waals surface area contributed by atoms with Crippen molar-refractivity contribution in [2.45, 2.75) is 18.9 Å². The van der Waals surface area contributed by atoms with Gasteiger partial charge in [-0.1, -0.05) is 24.3 Å². The summed E-state index contributed by atoms with van der Waals surface area (Å²) in [4.78, 5) is 10.5. The normalized spacial score (nSPS) is 24.6. The van der Waals surface area contributed by atoms with Crippen molar-refractivity contribution in [2.75, 3.05) is 0 Å². The predicted molar refractivity (Wildman–Crippen MR) is 50.8 cm³/mol. The fourth-order valence-electron chi connectivity index (χ4n) is 2.06. The summed E-state index contributed by atoms with van der Waals surface area (Å²) >= 11 is 0. The van der Waals surface area contributed by atoms with Crippen molar-refractivity contribution in [3.63, 3.8) is 0 Å². The van der Waals surface area contributed by atoms with Gasteiger partial charge in [-0.25, -0.2) is 0 Å². The molecule has 0 saturated heterocycles. The molecule has 0 aromatic heterocycles. The van der Waals surface area contributed by atoms with Crippen LogP contribution < -0.4 is 0 Å². The minimum absolute atomic E-state index is 0.0375. The van der Waals surface area contributed by atoms with Gasteiger partial charge < -0.3 is 10.2 Å². The van der Waals surface area contributed by atoms with Gasteiger partial charge in [0.15, 0.2) is 0 Å². The smallest absolute Gasteiger partial charge is 0.303 e. The first-order valence-corrected chi connectivity index (χ1v) is 4.66. The molecule has 1 aliphatic carbocycles. The topological polar surface area (TPSA) is 57.5 Å². The molecule has 0 saturated carbocycles.